The van der Waals surface area contributed by atoms with Crippen molar-refractivity contribution in [1.29, 1.82) is 0 Å². The van der Waals surface area contributed by atoms with E-state index in [0.29, 0.717) is 6.23 Å². The highest BCUT2D eigenvalue weighted by atomic mass is 16.5. The van der Waals surface area contributed by atoms with Crippen molar-refractivity contribution in [2.45, 2.75) is 45.4 Å². The van der Waals surface area contributed by atoms with Crippen molar-refractivity contribution in [3.05, 3.63) is 0 Å². The van der Waals surface area contributed by atoms with Crippen LogP contribution in [0.15, 0.2) is 0 Å². The maximum Gasteiger partial charge on any atom is 0.111 e. The van der Waals surface area contributed by atoms with E-state index in [9.17, 15) is 0 Å². The Morgan fingerprint density at radius 2 is 2.33 bits per heavy atom. The van der Waals surface area contributed by atoms with Gasteiger partial charge in [0.15, 0.2) is 0 Å². The monoisotopic (exact) mass is 169 g/mol. The smallest absolute Gasteiger partial charge is 0.111 e. The van der Waals surface area contributed by atoms with Crippen molar-refractivity contribution in [2.75, 3.05) is 13.2 Å². The van der Waals surface area contributed by atoms with Gasteiger partial charge >= 0.3 is 0 Å². The van der Waals surface area contributed by atoms with E-state index < -0.39 is 0 Å². The largest absolute Gasteiger partial charge is 0.361 e. The van der Waals surface area contributed by atoms with E-state index in [0.717, 1.165) is 18.6 Å². The average Bonchev–Trinajstić information content (AvgIpc) is 2.52. The Balaban J connectivity index is 1.91. The summed E-state index contributed by atoms with van der Waals surface area (Å²) in [6.07, 6.45) is 4.38. The number of nitrogens with zero attached hydrogens (tertiary/aromatic N) is 1. The fourth-order valence-electron chi connectivity index (χ4n) is 2.34. The van der Waals surface area contributed by atoms with E-state index in [2.05, 4.69) is 18.7 Å². The average molecular weight is 169 g/mol. The predicted molar refractivity (Wildman–Crippen MR) is 48.9 cm³/mol. The maximum atomic E-state index is 5.76. The minimum absolute atomic E-state index is 0.442. The van der Waals surface area contributed by atoms with E-state index in [1.165, 1.54) is 25.8 Å². The number of hydrogen-bond acceptors (Lipinski definition) is 2. The van der Waals surface area contributed by atoms with Crippen molar-refractivity contribution in [1.82, 2.24) is 4.90 Å². The Bertz CT molecular complexity index is 158. The zero-order valence-electron chi connectivity index (χ0n) is 8.12. The molecule has 0 aromatic heterocycles. The minimum Gasteiger partial charge on any atom is -0.361 e. The molecule has 2 heteroatoms. The van der Waals surface area contributed by atoms with Crippen LogP contribution in [0.2, 0.25) is 0 Å². The van der Waals surface area contributed by atoms with Crippen LogP contribution < -0.4 is 0 Å². The van der Waals surface area contributed by atoms with Gasteiger partial charge in [-0.1, -0.05) is 13.8 Å². The molecular formula is C10H19NO. The van der Waals surface area contributed by atoms with E-state index >= 15 is 0 Å². The number of rotatable bonds is 2. The molecule has 0 aliphatic carbocycles. The predicted octanol–water partition coefficient (Wildman–Crippen LogP) is 1.85. The number of hydrogen-bond donors (Lipinski definition) is 0. The van der Waals surface area contributed by atoms with E-state index in [1.807, 2.05) is 0 Å². The zero-order valence-corrected chi connectivity index (χ0v) is 8.12. The van der Waals surface area contributed by atoms with Gasteiger partial charge in [0.05, 0.1) is 6.61 Å². The number of ether oxygens (including phenoxy) is 1. The van der Waals surface area contributed by atoms with Crippen LogP contribution in [0.4, 0.5) is 0 Å². The fraction of sp³-hybridized carbons (Fsp3) is 1.00. The van der Waals surface area contributed by atoms with Gasteiger partial charge in [-0.15, -0.1) is 0 Å². The van der Waals surface area contributed by atoms with Crippen LogP contribution >= 0.6 is 0 Å². The molecule has 0 aromatic carbocycles. The summed E-state index contributed by atoms with van der Waals surface area (Å²) in [6, 6.07) is 0.758. The summed E-state index contributed by atoms with van der Waals surface area (Å²) >= 11 is 0. The SMILES string of the molecule is CC(C)C[C@@H]1OC[C@@H]2CCCN21. The lowest BCUT2D eigenvalue weighted by molar-refractivity contribution is 0.0203. The Labute approximate surface area is 74.9 Å². The molecule has 70 valence electrons. The van der Waals surface area contributed by atoms with Gasteiger partial charge in [-0.05, 0) is 25.2 Å². The second kappa shape index (κ2) is 3.35. The molecule has 2 saturated heterocycles. The van der Waals surface area contributed by atoms with Crippen molar-refractivity contribution >= 4 is 0 Å². The molecule has 0 spiro atoms. The maximum absolute atomic E-state index is 5.76. The summed E-state index contributed by atoms with van der Waals surface area (Å²) < 4.78 is 5.76. The summed E-state index contributed by atoms with van der Waals surface area (Å²) in [5.41, 5.74) is 0. The molecule has 2 heterocycles. The van der Waals surface area contributed by atoms with Gasteiger partial charge in [-0.3, -0.25) is 4.90 Å². The summed E-state index contributed by atoms with van der Waals surface area (Å²) in [5.74, 6) is 0.759. The van der Waals surface area contributed by atoms with Gasteiger partial charge in [0.1, 0.15) is 6.23 Å². The van der Waals surface area contributed by atoms with Crippen molar-refractivity contribution in [3.8, 4) is 0 Å². The molecule has 2 rings (SSSR count). The van der Waals surface area contributed by atoms with Crippen LogP contribution in [0.1, 0.15) is 33.1 Å². The third-order valence-corrected chi connectivity index (χ3v) is 2.95. The Kier molecular flexibility index (Phi) is 2.37. The molecule has 0 aromatic rings. The molecule has 0 N–H and O–H groups in total. The highest BCUT2D eigenvalue weighted by Gasteiger charge is 2.37. The number of fused-ring (bicyclic) bond motifs is 1. The molecule has 0 saturated carbocycles. The molecule has 0 amide bonds. The lowest BCUT2D eigenvalue weighted by Crippen LogP contribution is -2.32. The highest BCUT2D eigenvalue weighted by Crippen LogP contribution is 2.29. The quantitative estimate of drug-likeness (QED) is 0.625. The van der Waals surface area contributed by atoms with Gasteiger partial charge in [0, 0.05) is 12.6 Å². The summed E-state index contributed by atoms with van der Waals surface area (Å²) in [6.45, 7) is 6.79. The first kappa shape index (κ1) is 8.52. The van der Waals surface area contributed by atoms with Crippen LogP contribution in [-0.2, 0) is 4.74 Å². The minimum atomic E-state index is 0.442. The molecule has 0 unspecified atom stereocenters. The molecule has 2 atom stereocenters. The lowest BCUT2D eigenvalue weighted by Gasteiger charge is -2.22. The fourth-order valence-corrected chi connectivity index (χ4v) is 2.34. The van der Waals surface area contributed by atoms with Crippen molar-refractivity contribution in [2.24, 2.45) is 5.92 Å². The molecule has 2 aliphatic rings. The normalized spacial score (nSPS) is 36.2. The second-order valence-electron chi connectivity index (χ2n) is 4.45. The zero-order chi connectivity index (χ0) is 8.55. The lowest BCUT2D eigenvalue weighted by atomic mass is 10.1. The van der Waals surface area contributed by atoms with Crippen LogP contribution in [-0.4, -0.2) is 30.3 Å². The van der Waals surface area contributed by atoms with Gasteiger partial charge in [0.2, 0.25) is 0 Å². The molecule has 2 aliphatic heterocycles. The van der Waals surface area contributed by atoms with Gasteiger partial charge in [0.25, 0.3) is 0 Å². The Morgan fingerprint density at radius 1 is 1.50 bits per heavy atom. The van der Waals surface area contributed by atoms with Gasteiger partial charge in [-0.2, -0.15) is 0 Å². The van der Waals surface area contributed by atoms with Crippen LogP contribution in [0, 0.1) is 5.92 Å². The Hall–Kier alpha value is -0.0800. The first-order valence-electron chi connectivity index (χ1n) is 5.14. The van der Waals surface area contributed by atoms with E-state index in [-0.39, 0.29) is 0 Å². The van der Waals surface area contributed by atoms with Gasteiger partial charge in [-0.25, -0.2) is 0 Å². The summed E-state index contributed by atoms with van der Waals surface area (Å²) in [5, 5.41) is 0. The topological polar surface area (TPSA) is 12.5 Å². The molecule has 12 heavy (non-hydrogen) atoms. The third kappa shape index (κ3) is 1.50. The van der Waals surface area contributed by atoms with E-state index in [4.69, 9.17) is 4.74 Å². The van der Waals surface area contributed by atoms with Crippen molar-refractivity contribution < 1.29 is 4.74 Å². The molecule has 2 fully saturated rings. The molecule has 0 bridgehead atoms. The van der Waals surface area contributed by atoms with Crippen molar-refractivity contribution in [3.63, 3.8) is 0 Å². The second-order valence-corrected chi connectivity index (χ2v) is 4.45. The third-order valence-electron chi connectivity index (χ3n) is 2.95. The molecule has 2 nitrogen and oxygen atoms in total. The highest BCUT2D eigenvalue weighted by molar-refractivity contribution is 4.86. The summed E-state index contributed by atoms with van der Waals surface area (Å²) in [4.78, 5) is 2.56. The Morgan fingerprint density at radius 3 is 3.08 bits per heavy atom. The first-order valence-corrected chi connectivity index (χ1v) is 5.14. The van der Waals surface area contributed by atoms with Crippen LogP contribution in [0.3, 0.4) is 0 Å². The van der Waals surface area contributed by atoms with E-state index in [1.54, 1.807) is 0 Å². The first-order chi connectivity index (χ1) is 5.77. The van der Waals surface area contributed by atoms with Crippen LogP contribution in [0.25, 0.3) is 0 Å². The van der Waals surface area contributed by atoms with Crippen LogP contribution in [0.5, 0.6) is 0 Å². The standard InChI is InChI=1S/C10H19NO/c1-8(2)6-10-11-5-3-4-9(11)7-12-10/h8-10H,3-7H2,1-2H3/t9-,10-/m0/s1. The molecule has 0 radical (unpaired) electrons. The molecular weight excluding hydrogens is 150 g/mol. The summed E-state index contributed by atoms with van der Waals surface area (Å²) in [7, 11) is 0. The van der Waals surface area contributed by atoms with Gasteiger partial charge < -0.3 is 4.74 Å².